The molecule has 3 heterocycles. The van der Waals surface area contributed by atoms with E-state index in [-0.39, 0.29) is 28.5 Å². The van der Waals surface area contributed by atoms with Gasteiger partial charge in [-0.1, -0.05) is 0 Å². The molecule has 0 unspecified atom stereocenters. The molecule has 40 heavy (non-hydrogen) atoms. The molecule has 0 atom stereocenters. The average molecular weight is 538 g/mol. The van der Waals surface area contributed by atoms with Gasteiger partial charge in [0.25, 0.3) is 11.5 Å². The van der Waals surface area contributed by atoms with Gasteiger partial charge in [-0.2, -0.15) is 5.26 Å². The Hall–Kier alpha value is -5.30. The van der Waals surface area contributed by atoms with Crippen molar-refractivity contribution >= 4 is 22.6 Å². The summed E-state index contributed by atoms with van der Waals surface area (Å²) in [4.78, 5) is 33.9. The maximum absolute atomic E-state index is 15.0. The van der Waals surface area contributed by atoms with Crippen LogP contribution < -0.4 is 15.6 Å². The van der Waals surface area contributed by atoms with Crippen LogP contribution in [-0.2, 0) is 0 Å². The first-order valence-corrected chi connectivity index (χ1v) is 12.5. The van der Waals surface area contributed by atoms with E-state index in [2.05, 4.69) is 15.3 Å². The minimum absolute atomic E-state index is 0.0528. The lowest BCUT2D eigenvalue weighted by molar-refractivity contribution is 0.102. The molecule has 6 rings (SSSR count). The number of nitrogens with one attached hydrogen (secondary N) is 2. The Morgan fingerprint density at radius 1 is 1.10 bits per heavy atom. The molecule has 0 aliphatic heterocycles. The topological polar surface area (TPSA) is 113 Å². The van der Waals surface area contributed by atoms with E-state index in [4.69, 9.17) is 4.74 Å². The van der Waals surface area contributed by atoms with Gasteiger partial charge >= 0.3 is 0 Å². The second kappa shape index (κ2) is 9.78. The molecule has 0 spiro atoms. The number of nitriles is 1. The Bertz CT molecular complexity index is 1920. The molecule has 2 N–H and O–H groups in total. The van der Waals surface area contributed by atoms with Crippen molar-refractivity contribution in [2.75, 3.05) is 5.32 Å². The Morgan fingerprint density at radius 3 is 2.67 bits per heavy atom. The first-order chi connectivity index (χ1) is 19.3. The highest BCUT2D eigenvalue weighted by Gasteiger charge is 2.29. The number of hydrogen-bond acceptors (Lipinski definition) is 5. The molecule has 0 saturated heterocycles. The van der Waals surface area contributed by atoms with Crippen LogP contribution in [-0.4, -0.2) is 20.4 Å². The van der Waals surface area contributed by atoms with E-state index in [1.54, 1.807) is 37.4 Å². The maximum Gasteiger partial charge on any atom is 0.268 e. The van der Waals surface area contributed by atoms with Crippen LogP contribution in [0.5, 0.6) is 11.5 Å². The van der Waals surface area contributed by atoms with Gasteiger partial charge < -0.3 is 15.0 Å². The summed E-state index contributed by atoms with van der Waals surface area (Å²) in [7, 11) is 0. The van der Waals surface area contributed by atoms with Crippen LogP contribution in [0.15, 0.2) is 71.8 Å². The highest BCUT2D eigenvalue weighted by atomic mass is 19.1. The number of aromatic amines is 1. The molecule has 198 valence electrons. The summed E-state index contributed by atoms with van der Waals surface area (Å²) in [5, 5.41) is 12.6. The lowest BCUT2D eigenvalue weighted by Crippen LogP contribution is -2.30. The Kier molecular flexibility index (Phi) is 6.11. The number of halogens is 2. The van der Waals surface area contributed by atoms with Crippen molar-refractivity contribution in [1.29, 1.82) is 5.26 Å². The zero-order valence-electron chi connectivity index (χ0n) is 21.2. The molecule has 1 fully saturated rings. The fourth-order valence-corrected chi connectivity index (χ4v) is 4.66. The Morgan fingerprint density at radius 2 is 1.93 bits per heavy atom. The van der Waals surface area contributed by atoms with Gasteiger partial charge in [0, 0.05) is 29.8 Å². The molecular formula is C30H21F2N5O3. The number of pyridine rings is 2. The smallest absolute Gasteiger partial charge is 0.268 e. The summed E-state index contributed by atoms with van der Waals surface area (Å²) in [6.07, 6.45) is 4.99. The summed E-state index contributed by atoms with van der Waals surface area (Å²) in [6, 6.07) is 14.8. The largest absolute Gasteiger partial charge is 0.453 e. The number of fused-ring (bicyclic) bond motifs is 1. The minimum atomic E-state index is -0.738. The fraction of sp³-hybridized carbons (Fsp3) is 0.133. The van der Waals surface area contributed by atoms with Crippen LogP contribution in [0.3, 0.4) is 0 Å². The van der Waals surface area contributed by atoms with Gasteiger partial charge in [-0.3, -0.25) is 14.2 Å². The highest BCUT2D eigenvalue weighted by molar-refractivity contribution is 6.04. The number of ether oxygens (including phenoxy) is 1. The number of carbonyl (C=O) groups excluding carboxylic acids is 1. The first-order valence-electron chi connectivity index (χ1n) is 12.5. The Labute approximate surface area is 226 Å². The number of amides is 1. The molecule has 8 nitrogen and oxygen atoms in total. The maximum atomic E-state index is 15.0. The molecule has 0 bridgehead atoms. The average Bonchev–Trinajstić information content (AvgIpc) is 3.66. The number of nitrogens with zero attached hydrogens (tertiary/aromatic N) is 3. The monoisotopic (exact) mass is 537 g/mol. The van der Waals surface area contributed by atoms with Gasteiger partial charge in [0.05, 0.1) is 16.6 Å². The predicted octanol–water partition coefficient (Wildman–Crippen LogP) is 6.09. The lowest BCUT2D eigenvalue weighted by Gasteiger charge is -2.17. The van der Waals surface area contributed by atoms with Crippen LogP contribution in [0.1, 0.15) is 45.9 Å². The number of carbonyl (C=O) groups is 1. The second-order valence-electron chi connectivity index (χ2n) is 9.57. The summed E-state index contributed by atoms with van der Waals surface area (Å²) in [6.45, 7) is 1.63. The normalized spacial score (nSPS) is 12.8. The number of H-pyrrole nitrogens is 1. The second-order valence-corrected chi connectivity index (χ2v) is 9.57. The van der Waals surface area contributed by atoms with E-state index in [0.29, 0.717) is 33.7 Å². The lowest BCUT2D eigenvalue weighted by atomic mass is 10.1. The fourth-order valence-electron chi connectivity index (χ4n) is 4.66. The van der Waals surface area contributed by atoms with Gasteiger partial charge in [0.2, 0.25) is 0 Å². The van der Waals surface area contributed by atoms with Gasteiger partial charge in [0.15, 0.2) is 11.6 Å². The minimum Gasteiger partial charge on any atom is -0.453 e. The number of anilines is 1. The van der Waals surface area contributed by atoms with E-state index in [9.17, 15) is 23.6 Å². The molecule has 3 aromatic heterocycles. The third-order valence-electron chi connectivity index (χ3n) is 6.83. The van der Waals surface area contributed by atoms with Crippen molar-refractivity contribution in [1.82, 2.24) is 14.5 Å². The zero-order chi connectivity index (χ0) is 28.0. The molecule has 0 radical (unpaired) electrons. The van der Waals surface area contributed by atoms with E-state index < -0.39 is 23.1 Å². The van der Waals surface area contributed by atoms with Crippen molar-refractivity contribution in [3.63, 3.8) is 0 Å². The summed E-state index contributed by atoms with van der Waals surface area (Å²) >= 11 is 0. The van der Waals surface area contributed by atoms with Crippen molar-refractivity contribution in [2.45, 2.75) is 25.7 Å². The third kappa shape index (κ3) is 4.47. The zero-order valence-corrected chi connectivity index (χ0v) is 21.2. The molecule has 2 aromatic carbocycles. The van der Waals surface area contributed by atoms with E-state index in [1.165, 1.54) is 41.1 Å². The molecule has 5 aromatic rings. The van der Waals surface area contributed by atoms with E-state index >= 15 is 0 Å². The van der Waals surface area contributed by atoms with Gasteiger partial charge in [-0.15, -0.1) is 0 Å². The number of hydrogen-bond donors (Lipinski definition) is 2. The van der Waals surface area contributed by atoms with E-state index in [0.717, 1.165) is 18.9 Å². The first kappa shape index (κ1) is 25.0. The van der Waals surface area contributed by atoms with Crippen molar-refractivity contribution in [3.8, 4) is 23.3 Å². The van der Waals surface area contributed by atoms with Gasteiger partial charge in [-0.05, 0) is 79.8 Å². The summed E-state index contributed by atoms with van der Waals surface area (Å²) < 4.78 is 36.3. The van der Waals surface area contributed by atoms with Crippen molar-refractivity contribution in [3.05, 3.63) is 111 Å². The van der Waals surface area contributed by atoms with Gasteiger partial charge in [-0.25, -0.2) is 13.8 Å². The van der Waals surface area contributed by atoms with Crippen molar-refractivity contribution < 1.29 is 18.3 Å². The summed E-state index contributed by atoms with van der Waals surface area (Å²) in [5.74, 6) is -1.66. The molecule has 1 aliphatic carbocycles. The van der Waals surface area contributed by atoms with Crippen LogP contribution in [0.25, 0.3) is 16.7 Å². The standard InChI is InChI=1S/C30H21F2N5O3/c1-16-12-22(31)18(15-33)13-25(16)37-24(17-2-3-17)6-5-21(30(37)39)29(38)36-19-4-7-27(23(32)14-19)40-26-9-11-35-28-20(26)8-10-34-28/h4-14,17H,2-3H2,1H3,(H,34,35)(H,36,38). The number of benzene rings is 2. The SMILES string of the molecule is Cc1cc(F)c(C#N)cc1-n1c(C2CC2)ccc(C(=O)Nc2ccc(Oc3ccnc4[nH]ccc34)c(F)c2)c1=O. The van der Waals surface area contributed by atoms with Gasteiger partial charge in [0.1, 0.15) is 28.8 Å². The molecule has 1 amide bonds. The number of aryl methyl sites for hydroxylation is 1. The molecule has 10 heteroatoms. The quantitative estimate of drug-likeness (QED) is 0.272. The van der Waals surface area contributed by atoms with Crippen LogP contribution in [0.2, 0.25) is 0 Å². The molecule has 1 aliphatic rings. The number of aromatic nitrogens is 3. The number of rotatable bonds is 6. The summed E-state index contributed by atoms with van der Waals surface area (Å²) in [5.41, 5.74) is 1.18. The Balaban J connectivity index is 1.31. The van der Waals surface area contributed by atoms with Crippen LogP contribution in [0.4, 0.5) is 14.5 Å². The van der Waals surface area contributed by atoms with Crippen LogP contribution in [0, 0.1) is 29.9 Å². The highest BCUT2D eigenvalue weighted by Crippen LogP contribution is 2.40. The molecule has 1 saturated carbocycles. The van der Waals surface area contributed by atoms with Crippen LogP contribution >= 0.6 is 0 Å². The van der Waals surface area contributed by atoms with E-state index in [1.807, 2.05) is 0 Å². The third-order valence-corrected chi connectivity index (χ3v) is 6.83. The van der Waals surface area contributed by atoms with Crippen molar-refractivity contribution in [2.24, 2.45) is 0 Å². The predicted molar refractivity (Wildman–Crippen MR) is 144 cm³/mol. The molecular weight excluding hydrogens is 516 g/mol.